The Hall–Kier alpha value is -0.390. The van der Waals surface area contributed by atoms with E-state index in [-0.39, 0.29) is 11.9 Å². The fourth-order valence-corrected chi connectivity index (χ4v) is 3.37. The Labute approximate surface area is 108 Å². The Kier molecular flexibility index (Phi) is 4.00. The number of carbonyl (C=O) groups is 1. The molecule has 1 saturated heterocycles. The Morgan fingerprint density at radius 2 is 2.44 bits per heavy atom. The van der Waals surface area contributed by atoms with Crippen molar-refractivity contribution in [1.29, 1.82) is 0 Å². The zero-order valence-corrected chi connectivity index (χ0v) is 11.4. The topological polar surface area (TPSA) is 46.3 Å². The lowest BCUT2D eigenvalue weighted by Crippen LogP contribution is -2.47. The molecule has 2 rings (SSSR count). The second-order valence-electron chi connectivity index (χ2n) is 4.14. The van der Waals surface area contributed by atoms with Gasteiger partial charge in [0, 0.05) is 6.54 Å². The number of hydrogen-bond acceptors (Lipinski definition) is 3. The second-order valence-corrected chi connectivity index (χ2v) is 6.43. The lowest BCUT2D eigenvalue weighted by Gasteiger charge is -2.33. The van der Waals surface area contributed by atoms with Crippen molar-refractivity contribution in [3.8, 4) is 0 Å². The van der Waals surface area contributed by atoms with Crippen molar-refractivity contribution in [3.63, 3.8) is 0 Å². The van der Waals surface area contributed by atoms with Gasteiger partial charge in [0.25, 0.3) is 0 Å². The van der Waals surface area contributed by atoms with Gasteiger partial charge in [-0.25, -0.2) is 0 Å². The van der Waals surface area contributed by atoms with E-state index in [1.54, 1.807) is 11.3 Å². The van der Waals surface area contributed by atoms with E-state index in [0.29, 0.717) is 0 Å². The molecule has 2 N–H and O–H groups in total. The fraction of sp³-hybridized carbons (Fsp3) is 0.545. The number of primary amides is 1. The highest BCUT2D eigenvalue weighted by molar-refractivity contribution is 9.11. The van der Waals surface area contributed by atoms with Gasteiger partial charge in [0.05, 0.1) is 9.83 Å². The van der Waals surface area contributed by atoms with Crippen molar-refractivity contribution in [2.45, 2.75) is 31.8 Å². The molecule has 1 amide bonds. The van der Waals surface area contributed by atoms with Gasteiger partial charge in [-0.1, -0.05) is 6.42 Å². The quantitative estimate of drug-likeness (QED) is 0.931. The maximum absolute atomic E-state index is 11.3. The monoisotopic (exact) mass is 302 g/mol. The number of piperidine rings is 1. The molecule has 0 radical (unpaired) electrons. The molecule has 3 nitrogen and oxygen atoms in total. The minimum atomic E-state index is -0.186. The summed E-state index contributed by atoms with van der Waals surface area (Å²) in [5.74, 6) is -0.186. The molecule has 1 aliphatic rings. The maximum Gasteiger partial charge on any atom is 0.234 e. The van der Waals surface area contributed by atoms with Crippen LogP contribution in [-0.2, 0) is 11.3 Å². The number of amides is 1. The number of thiophene rings is 1. The molecule has 88 valence electrons. The number of hydrogen-bond donors (Lipinski definition) is 1. The third-order valence-corrected chi connectivity index (χ3v) is 4.50. The summed E-state index contributed by atoms with van der Waals surface area (Å²) in [4.78, 5) is 13.5. The van der Waals surface area contributed by atoms with Crippen LogP contribution in [0.4, 0.5) is 0 Å². The summed E-state index contributed by atoms with van der Waals surface area (Å²) >= 11 is 5.13. The van der Waals surface area contributed by atoms with Crippen molar-refractivity contribution < 1.29 is 4.79 Å². The minimum absolute atomic E-state index is 0.0765. The Balaban J connectivity index is 2.03. The largest absolute Gasteiger partial charge is 0.368 e. The number of carbonyl (C=O) groups excluding carboxylic acids is 1. The van der Waals surface area contributed by atoms with Crippen molar-refractivity contribution in [2.24, 2.45) is 5.73 Å². The predicted molar refractivity (Wildman–Crippen MR) is 69.3 cm³/mol. The molecule has 1 aliphatic heterocycles. The van der Waals surface area contributed by atoms with E-state index >= 15 is 0 Å². The Bertz CT molecular complexity index is 380. The molecule has 16 heavy (non-hydrogen) atoms. The van der Waals surface area contributed by atoms with Crippen molar-refractivity contribution in [1.82, 2.24) is 4.90 Å². The summed E-state index contributed by atoms with van der Waals surface area (Å²) < 4.78 is 1.13. The fourth-order valence-electron chi connectivity index (χ4n) is 2.17. The number of nitrogens with two attached hydrogens (primary N) is 1. The van der Waals surface area contributed by atoms with Crippen LogP contribution >= 0.6 is 27.3 Å². The predicted octanol–water partition coefficient (Wildman–Crippen LogP) is 2.35. The first kappa shape index (κ1) is 12.1. The molecule has 1 aromatic heterocycles. The lowest BCUT2D eigenvalue weighted by molar-refractivity contribution is -0.124. The molecule has 2 heterocycles. The Morgan fingerprint density at radius 3 is 3.06 bits per heavy atom. The van der Waals surface area contributed by atoms with E-state index in [9.17, 15) is 4.79 Å². The summed E-state index contributed by atoms with van der Waals surface area (Å²) in [6.45, 7) is 1.80. The molecular formula is C11H15BrN2OS. The number of nitrogens with zero attached hydrogens (tertiary/aromatic N) is 1. The van der Waals surface area contributed by atoms with Crippen LogP contribution in [0.3, 0.4) is 0 Å². The van der Waals surface area contributed by atoms with Gasteiger partial charge in [-0.15, -0.1) is 11.3 Å². The molecule has 1 fully saturated rings. The van der Waals surface area contributed by atoms with Crippen LogP contribution < -0.4 is 5.73 Å². The van der Waals surface area contributed by atoms with Gasteiger partial charge in [0.15, 0.2) is 0 Å². The summed E-state index contributed by atoms with van der Waals surface area (Å²) in [5.41, 5.74) is 6.68. The zero-order valence-electron chi connectivity index (χ0n) is 8.99. The van der Waals surface area contributed by atoms with Crippen LogP contribution in [0.1, 0.15) is 24.8 Å². The minimum Gasteiger partial charge on any atom is -0.368 e. The molecule has 0 bridgehead atoms. The Morgan fingerprint density at radius 1 is 1.62 bits per heavy atom. The molecular weight excluding hydrogens is 288 g/mol. The van der Waals surface area contributed by atoms with Gasteiger partial charge in [0.2, 0.25) is 5.91 Å². The molecule has 5 heteroatoms. The van der Waals surface area contributed by atoms with Crippen LogP contribution in [-0.4, -0.2) is 23.4 Å². The van der Waals surface area contributed by atoms with E-state index in [1.165, 1.54) is 5.56 Å². The lowest BCUT2D eigenvalue weighted by atomic mass is 10.0. The van der Waals surface area contributed by atoms with Gasteiger partial charge in [-0.2, -0.15) is 0 Å². The molecule has 1 aromatic rings. The van der Waals surface area contributed by atoms with E-state index < -0.39 is 0 Å². The molecule has 0 saturated carbocycles. The smallest absolute Gasteiger partial charge is 0.234 e. The normalized spacial score (nSPS) is 22.2. The van der Waals surface area contributed by atoms with Crippen LogP contribution in [0.2, 0.25) is 0 Å². The van der Waals surface area contributed by atoms with Crippen LogP contribution in [0.25, 0.3) is 0 Å². The molecule has 0 aromatic carbocycles. The highest BCUT2D eigenvalue weighted by Crippen LogP contribution is 2.24. The summed E-state index contributed by atoms with van der Waals surface area (Å²) in [6, 6.07) is 2.03. The van der Waals surface area contributed by atoms with Crippen molar-refractivity contribution >= 4 is 33.2 Å². The van der Waals surface area contributed by atoms with Gasteiger partial charge in [-0.3, -0.25) is 9.69 Å². The third kappa shape index (κ3) is 2.84. The van der Waals surface area contributed by atoms with Gasteiger partial charge >= 0.3 is 0 Å². The van der Waals surface area contributed by atoms with Crippen LogP contribution in [0.15, 0.2) is 15.2 Å². The number of rotatable bonds is 3. The summed E-state index contributed by atoms with van der Waals surface area (Å²) in [6.07, 6.45) is 3.17. The summed E-state index contributed by atoms with van der Waals surface area (Å²) in [7, 11) is 0. The molecule has 0 spiro atoms. The highest BCUT2D eigenvalue weighted by atomic mass is 79.9. The summed E-state index contributed by atoms with van der Waals surface area (Å²) in [5, 5.41) is 2.12. The van der Waals surface area contributed by atoms with Crippen LogP contribution in [0, 0.1) is 0 Å². The van der Waals surface area contributed by atoms with Crippen LogP contribution in [0.5, 0.6) is 0 Å². The van der Waals surface area contributed by atoms with E-state index in [1.807, 2.05) is 0 Å². The third-order valence-electron chi connectivity index (χ3n) is 2.95. The number of likely N-dealkylation sites (tertiary alicyclic amines) is 1. The van der Waals surface area contributed by atoms with E-state index in [4.69, 9.17) is 5.73 Å². The first-order chi connectivity index (χ1) is 7.66. The molecule has 0 unspecified atom stereocenters. The SMILES string of the molecule is NC(=O)[C@H]1CCCCN1Cc1csc(Br)c1. The maximum atomic E-state index is 11.3. The van der Waals surface area contributed by atoms with Gasteiger partial charge < -0.3 is 5.73 Å². The average Bonchev–Trinajstić information content (AvgIpc) is 2.64. The van der Waals surface area contributed by atoms with E-state index in [2.05, 4.69) is 32.3 Å². The van der Waals surface area contributed by atoms with Gasteiger partial charge in [0.1, 0.15) is 0 Å². The van der Waals surface area contributed by atoms with Gasteiger partial charge in [-0.05, 0) is 52.3 Å². The zero-order chi connectivity index (χ0) is 11.5. The van der Waals surface area contributed by atoms with Crippen molar-refractivity contribution in [3.05, 3.63) is 20.8 Å². The standard InChI is InChI=1S/C11H15BrN2OS/c12-10-5-8(7-16-10)6-14-4-2-1-3-9(14)11(13)15/h5,7,9H,1-4,6H2,(H2,13,15)/t9-/m1/s1. The highest BCUT2D eigenvalue weighted by Gasteiger charge is 2.26. The average molecular weight is 303 g/mol. The first-order valence-electron chi connectivity index (χ1n) is 5.43. The second kappa shape index (κ2) is 5.29. The van der Waals surface area contributed by atoms with E-state index in [0.717, 1.165) is 36.1 Å². The molecule has 1 atom stereocenters. The van der Waals surface area contributed by atoms with Crippen molar-refractivity contribution in [2.75, 3.05) is 6.54 Å². The first-order valence-corrected chi connectivity index (χ1v) is 7.10. The molecule has 0 aliphatic carbocycles. The number of halogens is 1.